The molecule has 0 saturated carbocycles. The summed E-state index contributed by atoms with van der Waals surface area (Å²) in [5, 5.41) is 0. The molecule has 15 heavy (non-hydrogen) atoms. The molecule has 2 nitrogen and oxygen atoms in total. The Morgan fingerprint density at radius 3 is 3.20 bits per heavy atom. The van der Waals surface area contributed by atoms with E-state index >= 15 is 0 Å². The minimum Gasteiger partial charge on any atom is -0.369 e. The second kappa shape index (κ2) is 5.61. The lowest BCUT2D eigenvalue weighted by molar-refractivity contribution is 0.809. The highest BCUT2D eigenvalue weighted by Gasteiger charge is 2.12. The maximum Gasteiger partial charge on any atom is 0.0597 e. The summed E-state index contributed by atoms with van der Waals surface area (Å²) in [5.74, 6) is 3.05. The average Bonchev–Trinajstić information content (AvgIpc) is 2.57. The van der Waals surface area contributed by atoms with Gasteiger partial charge in [-0.15, -0.1) is 11.6 Å². The number of hydrogen-bond donors (Lipinski definition) is 0. The number of rotatable bonds is 2. The van der Waals surface area contributed by atoms with Gasteiger partial charge in [-0.25, -0.2) is 0 Å². The van der Waals surface area contributed by atoms with E-state index in [1.807, 2.05) is 30.2 Å². The second-order valence-electron chi connectivity index (χ2n) is 3.59. The van der Waals surface area contributed by atoms with Gasteiger partial charge < -0.3 is 4.90 Å². The third-order valence-electron chi connectivity index (χ3n) is 2.59. The number of pyridine rings is 1. The molecule has 1 aromatic heterocycles. The lowest BCUT2D eigenvalue weighted by Gasteiger charge is -2.23. The molecule has 0 bridgehead atoms. The van der Waals surface area contributed by atoms with Crippen LogP contribution in [0.1, 0.15) is 12.0 Å². The highest BCUT2D eigenvalue weighted by molar-refractivity contribution is 7.99. The van der Waals surface area contributed by atoms with Crippen molar-refractivity contribution < 1.29 is 0 Å². The monoisotopic (exact) mass is 242 g/mol. The van der Waals surface area contributed by atoms with Crippen LogP contribution in [0, 0.1) is 0 Å². The minimum atomic E-state index is 0.571. The molecule has 0 N–H and O–H groups in total. The van der Waals surface area contributed by atoms with Crippen LogP contribution in [0.4, 0.5) is 5.69 Å². The highest BCUT2D eigenvalue weighted by Crippen LogP contribution is 2.23. The summed E-state index contributed by atoms with van der Waals surface area (Å²) < 4.78 is 0. The summed E-state index contributed by atoms with van der Waals surface area (Å²) in [5.41, 5.74) is 2.41. The molecule has 0 radical (unpaired) electrons. The molecule has 4 heteroatoms. The standard InChI is InChI=1S/C11H15ClN2S/c12-8-10-2-3-13-9-11(10)14-4-1-6-15-7-5-14/h2-3,9H,1,4-8H2. The first-order valence-corrected chi connectivity index (χ1v) is 6.92. The van der Waals surface area contributed by atoms with Crippen LogP contribution in [-0.2, 0) is 5.88 Å². The van der Waals surface area contributed by atoms with Crippen LogP contribution < -0.4 is 4.90 Å². The van der Waals surface area contributed by atoms with Crippen LogP contribution in [-0.4, -0.2) is 29.6 Å². The summed E-state index contributed by atoms with van der Waals surface area (Å²) >= 11 is 7.96. The summed E-state index contributed by atoms with van der Waals surface area (Å²) in [6.07, 6.45) is 5.00. The van der Waals surface area contributed by atoms with Crippen LogP contribution in [0.15, 0.2) is 18.5 Å². The zero-order chi connectivity index (χ0) is 10.5. The van der Waals surface area contributed by atoms with Crippen LogP contribution in [0.2, 0.25) is 0 Å². The lowest BCUT2D eigenvalue weighted by atomic mass is 10.2. The molecule has 1 aliphatic heterocycles. The predicted molar refractivity (Wildman–Crippen MR) is 67.9 cm³/mol. The van der Waals surface area contributed by atoms with Crippen molar-refractivity contribution in [3.63, 3.8) is 0 Å². The van der Waals surface area contributed by atoms with Crippen molar-refractivity contribution in [3.05, 3.63) is 24.0 Å². The van der Waals surface area contributed by atoms with E-state index in [0.29, 0.717) is 5.88 Å². The Balaban J connectivity index is 2.18. The molecule has 2 rings (SSSR count). The van der Waals surface area contributed by atoms with E-state index in [0.717, 1.165) is 13.1 Å². The Labute approximate surface area is 100 Å². The molecule has 1 saturated heterocycles. The third kappa shape index (κ3) is 2.79. The first-order valence-electron chi connectivity index (χ1n) is 5.23. The summed E-state index contributed by atoms with van der Waals surface area (Å²) in [6, 6.07) is 2.01. The molecule has 82 valence electrons. The zero-order valence-corrected chi connectivity index (χ0v) is 10.2. The first kappa shape index (κ1) is 11.1. The number of hydrogen-bond acceptors (Lipinski definition) is 3. The van der Waals surface area contributed by atoms with Crippen molar-refractivity contribution in [2.45, 2.75) is 12.3 Å². The van der Waals surface area contributed by atoms with Crippen molar-refractivity contribution in [1.29, 1.82) is 0 Å². The number of anilines is 1. The van der Waals surface area contributed by atoms with E-state index in [1.165, 1.54) is 29.2 Å². The third-order valence-corrected chi connectivity index (χ3v) is 3.93. The van der Waals surface area contributed by atoms with Crippen molar-refractivity contribution >= 4 is 29.1 Å². The minimum absolute atomic E-state index is 0.571. The number of aromatic nitrogens is 1. The molecule has 1 fully saturated rings. The number of alkyl halides is 1. The highest BCUT2D eigenvalue weighted by atomic mass is 35.5. The van der Waals surface area contributed by atoms with E-state index in [1.54, 1.807) is 0 Å². The van der Waals surface area contributed by atoms with E-state index in [2.05, 4.69) is 9.88 Å². The Bertz CT molecular complexity index is 311. The maximum absolute atomic E-state index is 5.93. The predicted octanol–water partition coefficient (Wildman–Crippen LogP) is 2.76. The SMILES string of the molecule is ClCc1ccncc1N1CCCSCC1. The first-order chi connectivity index (χ1) is 7.42. The van der Waals surface area contributed by atoms with Crippen LogP contribution in [0.25, 0.3) is 0 Å². The van der Waals surface area contributed by atoms with Gasteiger partial charge in [-0.1, -0.05) is 0 Å². The molecule has 0 amide bonds. The van der Waals surface area contributed by atoms with Gasteiger partial charge in [0.15, 0.2) is 0 Å². The average molecular weight is 243 g/mol. The van der Waals surface area contributed by atoms with Gasteiger partial charge in [0.2, 0.25) is 0 Å². The van der Waals surface area contributed by atoms with Gasteiger partial charge in [0.1, 0.15) is 0 Å². The molecule has 0 aliphatic carbocycles. The van der Waals surface area contributed by atoms with Crippen molar-refractivity contribution in [1.82, 2.24) is 4.98 Å². The van der Waals surface area contributed by atoms with Gasteiger partial charge in [-0.2, -0.15) is 11.8 Å². The normalized spacial score (nSPS) is 17.5. The second-order valence-corrected chi connectivity index (χ2v) is 5.08. The zero-order valence-electron chi connectivity index (χ0n) is 8.66. The van der Waals surface area contributed by atoms with Gasteiger partial charge in [0.05, 0.1) is 11.9 Å². The quantitative estimate of drug-likeness (QED) is 0.742. The van der Waals surface area contributed by atoms with Crippen LogP contribution in [0.5, 0.6) is 0 Å². The van der Waals surface area contributed by atoms with Gasteiger partial charge in [-0.3, -0.25) is 4.98 Å². The van der Waals surface area contributed by atoms with Gasteiger partial charge in [0.25, 0.3) is 0 Å². The molecular formula is C11H15ClN2S. The molecule has 1 aromatic rings. The molecular weight excluding hydrogens is 228 g/mol. The van der Waals surface area contributed by atoms with Crippen LogP contribution in [0.3, 0.4) is 0 Å². The molecule has 0 spiro atoms. The fraction of sp³-hybridized carbons (Fsp3) is 0.545. The molecule has 0 unspecified atom stereocenters. The van der Waals surface area contributed by atoms with Crippen molar-refractivity contribution in [2.75, 3.05) is 29.5 Å². The van der Waals surface area contributed by atoms with Gasteiger partial charge in [0, 0.05) is 30.9 Å². The Kier molecular flexibility index (Phi) is 4.15. The molecule has 0 atom stereocenters. The Hall–Kier alpha value is -0.410. The van der Waals surface area contributed by atoms with E-state index < -0.39 is 0 Å². The summed E-state index contributed by atoms with van der Waals surface area (Å²) in [4.78, 5) is 6.60. The summed E-state index contributed by atoms with van der Waals surface area (Å²) in [6.45, 7) is 2.24. The van der Waals surface area contributed by atoms with Crippen molar-refractivity contribution in [2.24, 2.45) is 0 Å². The molecule has 0 aromatic carbocycles. The smallest absolute Gasteiger partial charge is 0.0597 e. The number of halogens is 1. The summed E-state index contributed by atoms with van der Waals surface area (Å²) in [7, 11) is 0. The lowest BCUT2D eigenvalue weighted by Crippen LogP contribution is -2.26. The van der Waals surface area contributed by atoms with Gasteiger partial charge >= 0.3 is 0 Å². The van der Waals surface area contributed by atoms with Crippen LogP contribution >= 0.6 is 23.4 Å². The van der Waals surface area contributed by atoms with E-state index in [9.17, 15) is 0 Å². The van der Waals surface area contributed by atoms with E-state index in [4.69, 9.17) is 11.6 Å². The molecule has 2 heterocycles. The number of nitrogens with zero attached hydrogens (tertiary/aromatic N) is 2. The van der Waals surface area contributed by atoms with Crippen molar-refractivity contribution in [3.8, 4) is 0 Å². The fourth-order valence-electron chi connectivity index (χ4n) is 1.80. The Morgan fingerprint density at radius 2 is 2.33 bits per heavy atom. The van der Waals surface area contributed by atoms with Gasteiger partial charge in [-0.05, 0) is 23.8 Å². The van der Waals surface area contributed by atoms with E-state index in [-0.39, 0.29) is 0 Å². The number of thioether (sulfide) groups is 1. The largest absolute Gasteiger partial charge is 0.369 e. The topological polar surface area (TPSA) is 16.1 Å². The fourth-order valence-corrected chi connectivity index (χ4v) is 2.91. The Morgan fingerprint density at radius 1 is 1.40 bits per heavy atom. The maximum atomic E-state index is 5.93. The molecule has 1 aliphatic rings.